The van der Waals surface area contributed by atoms with Gasteiger partial charge in [0.1, 0.15) is 6.54 Å². The number of imide groups is 1. The average molecular weight is 544 g/mol. The molecule has 2 saturated carbocycles. The van der Waals surface area contributed by atoms with Gasteiger partial charge in [0.05, 0.1) is 16.8 Å². The van der Waals surface area contributed by atoms with E-state index in [2.05, 4.69) is 31.9 Å². The van der Waals surface area contributed by atoms with Crippen LogP contribution < -0.4 is 0 Å². The maximum absolute atomic E-state index is 12.8. The molecule has 0 N–H and O–H groups in total. The number of nitro benzene ring substituents is 1. The Hall–Kier alpha value is -2.14. The van der Waals surface area contributed by atoms with Gasteiger partial charge >= 0.3 is 5.97 Å². The van der Waals surface area contributed by atoms with Crippen molar-refractivity contribution in [3.05, 3.63) is 39.9 Å². The normalized spacial score (nSPS) is 31.7. The molecule has 4 rings (SSSR count). The molecule has 158 valence electrons. The molecule has 2 bridgehead atoms. The molecule has 1 saturated heterocycles. The number of nitro groups is 1. The van der Waals surface area contributed by atoms with E-state index in [-0.39, 0.29) is 44.6 Å². The van der Waals surface area contributed by atoms with Crippen LogP contribution in [0.4, 0.5) is 5.69 Å². The number of non-ortho nitro benzene ring substituents is 1. The zero-order valence-electron chi connectivity index (χ0n) is 15.4. The van der Waals surface area contributed by atoms with Crippen LogP contribution in [-0.4, -0.2) is 56.2 Å². The summed E-state index contributed by atoms with van der Waals surface area (Å²) in [5.41, 5.74) is -0.00915. The first kappa shape index (κ1) is 21.1. The highest BCUT2D eigenvalue weighted by atomic mass is 79.9. The Labute approximate surface area is 187 Å². The second-order valence-corrected chi connectivity index (χ2v) is 9.77. The molecule has 9 nitrogen and oxygen atoms in total. The number of fused-ring (bicyclic) bond motifs is 5. The first-order valence-electron chi connectivity index (χ1n) is 9.27. The van der Waals surface area contributed by atoms with Crippen molar-refractivity contribution in [1.82, 2.24) is 4.90 Å². The van der Waals surface area contributed by atoms with E-state index in [4.69, 9.17) is 4.74 Å². The topological polar surface area (TPSA) is 124 Å². The zero-order valence-corrected chi connectivity index (χ0v) is 18.6. The summed E-state index contributed by atoms with van der Waals surface area (Å²) < 4.78 is 4.94. The van der Waals surface area contributed by atoms with Gasteiger partial charge in [-0.1, -0.05) is 31.9 Å². The van der Waals surface area contributed by atoms with E-state index in [1.54, 1.807) is 0 Å². The van der Waals surface area contributed by atoms with Crippen molar-refractivity contribution in [3.8, 4) is 0 Å². The summed E-state index contributed by atoms with van der Waals surface area (Å²) >= 11 is 7.19. The van der Waals surface area contributed by atoms with E-state index in [0.29, 0.717) is 0 Å². The lowest BCUT2D eigenvalue weighted by Gasteiger charge is -2.28. The molecule has 0 unspecified atom stereocenters. The van der Waals surface area contributed by atoms with Gasteiger partial charge in [0.2, 0.25) is 11.8 Å². The van der Waals surface area contributed by atoms with Crippen LogP contribution in [0.2, 0.25) is 0 Å². The Morgan fingerprint density at radius 1 is 1.07 bits per heavy atom. The average Bonchev–Trinajstić information content (AvgIpc) is 3.33. The van der Waals surface area contributed by atoms with Gasteiger partial charge in [-0.2, -0.15) is 0 Å². The number of hydrogen-bond acceptors (Lipinski definition) is 7. The molecule has 1 heterocycles. The van der Waals surface area contributed by atoms with Crippen LogP contribution in [0.3, 0.4) is 0 Å². The maximum Gasteiger partial charge on any atom is 0.326 e. The van der Waals surface area contributed by atoms with Crippen molar-refractivity contribution in [2.45, 2.75) is 16.1 Å². The van der Waals surface area contributed by atoms with Crippen molar-refractivity contribution < 1.29 is 28.8 Å². The molecule has 11 heteroatoms. The Bertz CT molecular complexity index is 919. The minimum Gasteiger partial charge on any atom is -0.456 e. The van der Waals surface area contributed by atoms with E-state index in [0.717, 1.165) is 11.3 Å². The van der Waals surface area contributed by atoms with E-state index >= 15 is 0 Å². The molecular weight excluding hydrogens is 528 g/mol. The molecule has 3 fully saturated rings. The highest BCUT2D eigenvalue weighted by molar-refractivity contribution is 9.12. The van der Waals surface area contributed by atoms with Gasteiger partial charge in [0.25, 0.3) is 5.69 Å². The number of rotatable bonds is 6. The number of benzene rings is 1. The minimum atomic E-state index is -0.856. The van der Waals surface area contributed by atoms with Crippen LogP contribution in [-0.2, 0) is 19.1 Å². The molecule has 1 aromatic carbocycles. The Balaban J connectivity index is 1.34. The lowest BCUT2D eigenvalue weighted by atomic mass is 9.81. The number of alkyl halides is 2. The van der Waals surface area contributed by atoms with Crippen LogP contribution in [0.15, 0.2) is 24.3 Å². The third-order valence-electron chi connectivity index (χ3n) is 6.13. The lowest BCUT2D eigenvalue weighted by molar-refractivity contribution is -0.384. The van der Waals surface area contributed by atoms with Crippen molar-refractivity contribution in [3.63, 3.8) is 0 Å². The highest BCUT2D eigenvalue weighted by Crippen LogP contribution is 2.60. The first-order valence-corrected chi connectivity index (χ1v) is 11.1. The third-order valence-corrected chi connectivity index (χ3v) is 9.34. The number of ether oxygens (including phenoxy) is 1. The number of amides is 2. The fourth-order valence-electron chi connectivity index (χ4n) is 4.74. The fourth-order valence-corrected chi connectivity index (χ4v) is 6.61. The highest BCUT2D eigenvalue weighted by Gasteiger charge is 2.66. The summed E-state index contributed by atoms with van der Waals surface area (Å²) in [4.78, 5) is 61.0. The number of hydrogen-bond donors (Lipinski definition) is 0. The SMILES string of the molecule is O=C(CN1C(=O)[C@@H]2[C@@H]3C[C@H]([C@H](Br)[C@@H]3Br)[C@@H]2C1=O)OCC(=O)c1ccc([N+](=O)[O-])cc1. The van der Waals surface area contributed by atoms with Crippen LogP contribution in [0, 0.1) is 33.8 Å². The van der Waals surface area contributed by atoms with Crippen molar-refractivity contribution in [2.24, 2.45) is 23.7 Å². The number of likely N-dealkylation sites (tertiary alicyclic amines) is 1. The van der Waals surface area contributed by atoms with Gasteiger partial charge in [-0.3, -0.25) is 34.2 Å². The largest absolute Gasteiger partial charge is 0.456 e. The number of carbonyl (C=O) groups excluding carboxylic acids is 4. The fraction of sp³-hybridized carbons (Fsp3) is 0.474. The molecule has 6 atom stereocenters. The van der Waals surface area contributed by atoms with Crippen molar-refractivity contribution >= 4 is 61.1 Å². The molecule has 2 aliphatic carbocycles. The summed E-state index contributed by atoms with van der Waals surface area (Å²) in [5, 5.41) is 10.7. The second kappa shape index (κ2) is 7.84. The number of esters is 1. The summed E-state index contributed by atoms with van der Waals surface area (Å²) in [6, 6.07) is 4.90. The van der Waals surface area contributed by atoms with Gasteiger partial charge in [-0.05, 0) is 30.4 Å². The van der Waals surface area contributed by atoms with E-state index in [1.807, 2.05) is 0 Å². The summed E-state index contributed by atoms with van der Waals surface area (Å²) in [6.45, 7) is -1.12. The Morgan fingerprint density at radius 2 is 1.60 bits per heavy atom. The van der Waals surface area contributed by atoms with Gasteiger partial charge in [0.15, 0.2) is 12.4 Å². The number of nitrogens with zero attached hydrogens (tertiary/aromatic N) is 2. The standard InChI is InChI=1S/C19H16Br2N2O7/c20-16-10-5-11(17(16)21)15-14(10)18(26)22(19(15)27)6-13(25)30-7-12(24)8-1-3-9(4-2-8)23(28)29/h1-4,10-11,14-17H,5-7H2/t10-,11-,14-,15+,16-,17+/m0/s1. The third kappa shape index (κ3) is 3.37. The summed E-state index contributed by atoms with van der Waals surface area (Å²) in [6.07, 6.45) is 0.792. The van der Waals surface area contributed by atoms with E-state index in [1.165, 1.54) is 24.3 Å². The summed E-state index contributed by atoms with van der Waals surface area (Å²) in [7, 11) is 0. The smallest absolute Gasteiger partial charge is 0.326 e. The lowest BCUT2D eigenvalue weighted by Crippen LogP contribution is -2.38. The zero-order chi connectivity index (χ0) is 21.7. The van der Waals surface area contributed by atoms with Crippen LogP contribution in [0.5, 0.6) is 0 Å². The quantitative estimate of drug-likeness (QED) is 0.134. The van der Waals surface area contributed by atoms with E-state index < -0.39 is 41.7 Å². The number of ketones is 1. The number of Topliss-reactive ketones (excluding diaryl/α,β-unsaturated/α-hetero) is 1. The van der Waals surface area contributed by atoms with Crippen LogP contribution >= 0.6 is 31.9 Å². The monoisotopic (exact) mass is 542 g/mol. The molecule has 30 heavy (non-hydrogen) atoms. The molecule has 1 aromatic rings. The summed E-state index contributed by atoms with van der Waals surface area (Å²) in [5.74, 6) is -2.87. The Morgan fingerprint density at radius 3 is 2.10 bits per heavy atom. The molecule has 2 amide bonds. The number of carbonyl (C=O) groups is 4. The predicted octanol–water partition coefficient (Wildman–Crippen LogP) is 2.10. The van der Waals surface area contributed by atoms with Crippen LogP contribution in [0.1, 0.15) is 16.8 Å². The van der Waals surface area contributed by atoms with Gasteiger partial charge in [0, 0.05) is 27.4 Å². The molecule has 0 aromatic heterocycles. The minimum absolute atomic E-state index is 0.0468. The first-order chi connectivity index (χ1) is 14.2. The number of halogens is 2. The molecule has 1 aliphatic heterocycles. The molecule has 3 aliphatic rings. The van der Waals surface area contributed by atoms with E-state index in [9.17, 15) is 29.3 Å². The van der Waals surface area contributed by atoms with Gasteiger partial charge in [-0.25, -0.2) is 0 Å². The van der Waals surface area contributed by atoms with Gasteiger partial charge < -0.3 is 4.74 Å². The van der Waals surface area contributed by atoms with Crippen LogP contribution in [0.25, 0.3) is 0 Å². The Kier molecular flexibility index (Phi) is 5.52. The molecule has 0 spiro atoms. The van der Waals surface area contributed by atoms with Crippen molar-refractivity contribution in [1.29, 1.82) is 0 Å². The predicted molar refractivity (Wildman–Crippen MR) is 109 cm³/mol. The van der Waals surface area contributed by atoms with Crippen molar-refractivity contribution in [2.75, 3.05) is 13.2 Å². The molecular formula is C19H16Br2N2O7. The maximum atomic E-state index is 12.8. The van der Waals surface area contributed by atoms with Gasteiger partial charge in [-0.15, -0.1) is 0 Å². The molecule has 0 radical (unpaired) electrons. The second-order valence-electron chi connectivity index (χ2n) is 7.65.